The SMILES string of the molecule is CC(=NN=CC=Cc1ccccc1)C1=C(O)c2ccccc2C1=O. The molecule has 1 N–H and O–H groups in total. The lowest BCUT2D eigenvalue weighted by Gasteiger charge is -1.98. The molecule has 4 heteroatoms. The van der Waals surface area contributed by atoms with Gasteiger partial charge in [-0.25, -0.2) is 0 Å². The Morgan fingerprint density at radius 2 is 1.67 bits per heavy atom. The van der Waals surface area contributed by atoms with Gasteiger partial charge in [-0.1, -0.05) is 60.7 Å². The van der Waals surface area contributed by atoms with Gasteiger partial charge in [0.15, 0.2) is 5.78 Å². The van der Waals surface area contributed by atoms with E-state index < -0.39 is 0 Å². The van der Waals surface area contributed by atoms with Crippen LogP contribution in [0.1, 0.15) is 28.4 Å². The third-order valence-corrected chi connectivity index (χ3v) is 3.70. The minimum Gasteiger partial charge on any atom is -0.506 e. The Kier molecular flexibility index (Phi) is 4.47. The van der Waals surface area contributed by atoms with Crippen molar-refractivity contribution in [3.05, 3.63) is 82.9 Å². The smallest absolute Gasteiger partial charge is 0.199 e. The molecular weight excluding hydrogens is 300 g/mol. The Bertz CT molecular complexity index is 891. The van der Waals surface area contributed by atoms with Crippen molar-refractivity contribution < 1.29 is 9.90 Å². The number of carbonyl (C=O) groups excluding carboxylic acids is 1. The van der Waals surface area contributed by atoms with Crippen LogP contribution in [0.2, 0.25) is 0 Å². The number of hydrogen-bond acceptors (Lipinski definition) is 4. The average molecular weight is 316 g/mol. The minimum atomic E-state index is -0.223. The van der Waals surface area contributed by atoms with Crippen molar-refractivity contribution >= 4 is 29.5 Å². The van der Waals surface area contributed by atoms with Crippen molar-refractivity contribution in [1.82, 2.24) is 0 Å². The van der Waals surface area contributed by atoms with Crippen molar-refractivity contribution in [2.75, 3.05) is 0 Å². The zero-order chi connectivity index (χ0) is 16.9. The van der Waals surface area contributed by atoms with Crippen molar-refractivity contribution in [3.63, 3.8) is 0 Å². The molecule has 0 fully saturated rings. The third-order valence-electron chi connectivity index (χ3n) is 3.70. The molecule has 0 amide bonds. The number of ketones is 1. The topological polar surface area (TPSA) is 62.0 Å². The number of nitrogens with zero attached hydrogens (tertiary/aromatic N) is 2. The predicted molar refractivity (Wildman–Crippen MR) is 97.4 cm³/mol. The Balaban J connectivity index is 1.75. The fourth-order valence-electron chi connectivity index (χ4n) is 2.53. The van der Waals surface area contributed by atoms with E-state index in [2.05, 4.69) is 10.2 Å². The molecule has 0 saturated heterocycles. The summed E-state index contributed by atoms with van der Waals surface area (Å²) in [5.74, 6) is -0.258. The van der Waals surface area contributed by atoms with Crippen LogP contribution in [0, 0.1) is 0 Å². The van der Waals surface area contributed by atoms with E-state index in [9.17, 15) is 9.90 Å². The quantitative estimate of drug-likeness (QED) is 0.675. The van der Waals surface area contributed by atoms with Crippen LogP contribution in [0.3, 0.4) is 0 Å². The highest BCUT2D eigenvalue weighted by Crippen LogP contribution is 2.31. The van der Waals surface area contributed by atoms with E-state index in [-0.39, 0.29) is 17.1 Å². The molecule has 2 aromatic carbocycles. The normalized spacial score (nSPS) is 14.9. The molecule has 0 aliphatic heterocycles. The lowest BCUT2D eigenvalue weighted by molar-refractivity contribution is 0.104. The Morgan fingerprint density at radius 3 is 2.38 bits per heavy atom. The van der Waals surface area contributed by atoms with Crippen molar-refractivity contribution in [2.45, 2.75) is 6.92 Å². The van der Waals surface area contributed by atoms with E-state index in [0.717, 1.165) is 5.56 Å². The van der Waals surface area contributed by atoms with Crippen LogP contribution in [-0.4, -0.2) is 22.8 Å². The molecule has 0 atom stereocenters. The zero-order valence-corrected chi connectivity index (χ0v) is 13.2. The first-order valence-electron chi connectivity index (χ1n) is 7.55. The summed E-state index contributed by atoms with van der Waals surface area (Å²) in [5, 5.41) is 18.2. The molecule has 2 aromatic rings. The monoisotopic (exact) mass is 316 g/mol. The Morgan fingerprint density at radius 1 is 1.00 bits per heavy atom. The second-order valence-electron chi connectivity index (χ2n) is 5.32. The Hall–Kier alpha value is -3.27. The van der Waals surface area contributed by atoms with Gasteiger partial charge in [0.25, 0.3) is 0 Å². The maximum absolute atomic E-state index is 12.4. The number of fused-ring (bicyclic) bond motifs is 1. The first-order chi connectivity index (χ1) is 11.7. The summed E-state index contributed by atoms with van der Waals surface area (Å²) in [4.78, 5) is 12.4. The van der Waals surface area contributed by atoms with Crippen LogP contribution in [0.15, 0.2) is 76.4 Å². The molecule has 0 saturated carbocycles. The van der Waals surface area contributed by atoms with Gasteiger partial charge in [0.2, 0.25) is 0 Å². The standard InChI is InChI=1S/C20H16N2O2/c1-14(22-21-13-7-10-15-8-3-2-4-9-15)18-19(23)16-11-5-6-12-17(16)20(18)24/h2-13,23H,1H3. The highest BCUT2D eigenvalue weighted by Gasteiger charge is 2.30. The van der Waals surface area contributed by atoms with E-state index in [1.807, 2.05) is 36.4 Å². The summed E-state index contributed by atoms with van der Waals surface area (Å²) < 4.78 is 0. The fourth-order valence-corrected chi connectivity index (χ4v) is 2.53. The maximum Gasteiger partial charge on any atom is 0.199 e. The molecule has 3 rings (SSSR count). The van der Waals surface area contributed by atoms with Gasteiger partial charge >= 0.3 is 0 Å². The van der Waals surface area contributed by atoms with E-state index in [1.54, 1.807) is 43.5 Å². The van der Waals surface area contributed by atoms with Crippen LogP contribution < -0.4 is 0 Å². The molecule has 0 spiro atoms. The zero-order valence-electron chi connectivity index (χ0n) is 13.2. The number of allylic oxidation sites excluding steroid dienone is 2. The van der Waals surface area contributed by atoms with Gasteiger partial charge in [0.1, 0.15) is 5.76 Å². The molecule has 0 bridgehead atoms. The molecule has 24 heavy (non-hydrogen) atoms. The molecule has 1 aliphatic carbocycles. The second kappa shape index (κ2) is 6.87. The summed E-state index contributed by atoms with van der Waals surface area (Å²) in [6.45, 7) is 1.66. The molecule has 0 radical (unpaired) electrons. The van der Waals surface area contributed by atoms with Gasteiger partial charge < -0.3 is 5.11 Å². The lowest BCUT2D eigenvalue weighted by atomic mass is 10.1. The van der Waals surface area contributed by atoms with Gasteiger partial charge in [-0.2, -0.15) is 10.2 Å². The van der Waals surface area contributed by atoms with Crippen LogP contribution in [0.25, 0.3) is 11.8 Å². The highest BCUT2D eigenvalue weighted by molar-refractivity contribution is 6.35. The van der Waals surface area contributed by atoms with E-state index in [0.29, 0.717) is 16.8 Å². The van der Waals surface area contributed by atoms with Gasteiger partial charge in [-0.05, 0) is 18.6 Å². The fraction of sp³-hybridized carbons (Fsp3) is 0.0500. The number of hydrogen-bond donors (Lipinski definition) is 1. The van der Waals surface area contributed by atoms with Crippen LogP contribution in [0.5, 0.6) is 0 Å². The molecular formula is C20H16N2O2. The number of Topliss-reactive ketones (excluding diaryl/α,β-unsaturated/α-hetero) is 1. The summed E-state index contributed by atoms with van der Waals surface area (Å²) in [7, 11) is 0. The first kappa shape index (κ1) is 15.6. The molecule has 0 unspecified atom stereocenters. The largest absolute Gasteiger partial charge is 0.506 e. The number of aliphatic hydroxyl groups excluding tert-OH is 1. The molecule has 1 aliphatic rings. The maximum atomic E-state index is 12.4. The van der Waals surface area contributed by atoms with Crippen molar-refractivity contribution in [2.24, 2.45) is 10.2 Å². The van der Waals surface area contributed by atoms with Crippen LogP contribution in [0.4, 0.5) is 0 Å². The third kappa shape index (κ3) is 3.08. The van der Waals surface area contributed by atoms with E-state index >= 15 is 0 Å². The van der Waals surface area contributed by atoms with E-state index in [4.69, 9.17) is 0 Å². The summed E-state index contributed by atoms with van der Waals surface area (Å²) in [6, 6.07) is 16.8. The molecule has 0 aromatic heterocycles. The second-order valence-corrected chi connectivity index (χ2v) is 5.32. The molecule has 118 valence electrons. The van der Waals surface area contributed by atoms with Gasteiger partial charge in [-0.15, -0.1) is 0 Å². The van der Waals surface area contributed by atoms with Crippen molar-refractivity contribution in [1.29, 1.82) is 0 Å². The first-order valence-corrected chi connectivity index (χ1v) is 7.55. The van der Waals surface area contributed by atoms with Crippen LogP contribution >= 0.6 is 0 Å². The number of aliphatic hydroxyl groups is 1. The number of carbonyl (C=O) groups is 1. The molecule has 4 nitrogen and oxygen atoms in total. The summed E-state index contributed by atoms with van der Waals surface area (Å²) >= 11 is 0. The Labute approximate surface area is 140 Å². The average Bonchev–Trinajstić information content (AvgIpc) is 2.87. The van der Waals surface area contributed by atoms with E-state index in [1.165, 1.54) is 0 Å². The highest BCUT2D eigenvalue weighted by atomic mass is 16.3. The lowest BCUT2D eigenvalue weighted by Crippen LogP contribution is -2.07. The van der Waals surface area contributed by atoms with Gasteiger partial charge in [0, 0.05) is 17.3 Å². The number of rotatable bonds is 4. The minimum absolute atomic E-state index is 0.0353. The molecule has 0 heterocycles. The van der Waals surface area contributed by atoms with Gasteiger partial charge in [-0.3, -0.25) is 4.79 Å². The number of benzene rings is 2. The summed E-state index contributed by atoms with van der Waals surface area (Å²) in [5.41, 5.74) is 2.69. The van der Waals surface area contributed by atoms with Crippen molar-refractivity contribution in [3.8, 4) is 0 Å². The van der Waals surface area contributed by atoms with Gasteiger partial charge in [0.05, 0.1) is 11.3 Å². The van der Waals surface area contributed by atoms with Crippen LogP contribution in [-0.2, 0) is 0 Å². The predicted octanol–water partition coefficient (Wildman–Crippen LogP) is 4.31. The summed E-state index contributed by atoms with van der Waals surface area (Å²) in [6.07, 6.45) is 5.22.